The lowest BCUT2D eigenvalue weighted by Crippen LogP contribution is -2.07. The first-order valence-electron chi connectivity index (χ1n) is 3.72. The van der Waals surface area contributed by atoms with E-state index in [1.165, 1.54) is 19.1 Å². The number of hydrogen-bond donors (Lipinski definition) is 1. The number of ketones is 1. The van der Waals surface area contributed by atoms with E-state index in [9.17, 15) is 9.59 Å². The summed E-state index contributed by atoms with van der Waals surface area (Å²) < 4.78 is 5.13. The largest absolute Gasteiger partial charge is 0.511 e. The molecule has 0 aliphatic carbocycles. The highest BCUT2D eigenvalue weighted by molar-refractivity contribution is 9.10. The summed E-state index contributed by atoms with van der Waals surface area (Å²) in [5.41, 5.74) is 0.238. The second-order valence-electron chi connectivity index (χ2n) is 2.56. The minimum Gasteiger partial charge on any atom is -0.449 e. The van der Waals surface area contributed by atoms with Crippen LogP contribution >= 0.6 is 15.9 Å². The molecule has 14 heavy (non-hydrogen) atoms. The maximum absolute atomic E-state index is 11.1. The van der Waals surface area contributed by atoms with Gasteiger partial charge in [-0.05, 0) is 25.1 Å². The Bertz CT molecular complexity index is 386. The van der Waals surface area contributed by atoms with E-state index in [2.05, 4.69) is 20.7 Å². The molecule has 0 atom stereocenters. The van der Waals surface area contributed by atoms with Gasteiger partial charge in [-0.2, -0.15) is 0 Å². The first kappa shape index (κ1) is 10.7. The number of carbonyl (C=O) groups excluding carboxylic acids is 1. The molecule has 4 nitrogen and oxygen atoms in total. The number of rotatable bonds is 2. The Morgan fingerprint density at radius 1 is 1.43 bits per heavy atom. The molecule has 0 aliphatic heterocycles. The lowest BCUT2D eigenvalue weighted by atomic mass is 10.1. The number of carbonyl (C=O) groups is 2. The summed E-state index contributed by atoms with van der Waals surface area (Å²) in [6.07, 6.45) is -1.44. The van der Waals surface area contributed by atoms with Crippen molar-refractivity contribution in [3.8, 4) is 5.75 Å². The van der Waals surface area contributed by atoms with Crippen LogP contribution in [0.5, 0.6) is 5.75 Å². The van der Waals surface area contributed by atoms with Gasteiger partial charge < -0.3 is 9.84 Å². The standard InChI is InChI=1S/C9H7BrO4/c1-5(11)7-4-6(10)2-3-8(7)14-9(12)13/h2-4H,1H3,(H,12,13). The molecule has 74 valence electrons. The van der Waals surface area contributed by atoms with Crippen molar-refractivity contribution < 1.29 is 19.4 Å². The Labute approximate surface area is 88.6 Å². The summed E-state index contributed by atoms with van der Waals surface area (Å²) in [5.74, 6) is -0.198. The number of hydrogen-bond acceptors (Lipinski definition) is 3. The molecule has 0 aromatic heterocycles. The molecule has 1 rings (SSSR count). The van der Waals surface area contributed by atoms with Crippen molar-refractivity contribution in [2.24, 2.45) is 0 Å². The molecule has 0 amide bonds. The third-order valence-electron chi connectivity index (χ3n) is 1.52. The number of halogens is 1. The fraction of sp³-hybridized carbons (Fsp3) is 0.111. The Morgan fingerprint density at radius 2 is 2.07 bits per heavy atom. The third-order valence-corrected chi connectivity index (χ3v) is 2.01. The molecule has 1 aromatic rings. The normalized spacial score (nSPS) is 9.57. The number of Topliss-reactive ketones (excluding diaryl/α,β-unsaturated/α-hetero) is 1. The van der Waals surface area contributed by atoms with Crippen LogP contribution in [0, 0.1) is 0 Å². The second kappa shape index (κ2) is 4.23. The lowest BCUT2D eigenvalue weighted by Gasteiger charge is -2.05. The van der Waals surface area contributed by atoms with E-state index >= 15 is 0 Å². The van der Waals surface area contributed by atoms with Crippen molar-refractivity contribution in [3.63, 3.8) is 0 Å². The van der Waals surface area contributed by atoms with Crippen LogP contribution in [0.15, 0.2) is 22.7 Å². The lowest BCUT2D eigenvalue weighted by molar-refractivity contribution is 0.101. The molecule has 0 unspecified atom stereocenters. The highest BCUT2D eigenvalue weighted by atomic mass is 79.9. The average molecular weight is 259 g/mol. The molecule has 0 bridgehead atoms. The van der Waals surface area contributed by atoms with Gasteiger partial charge in [-0.1, -0.05) is 15.9 Å². The van der Waals surface area contributed by atoms with Crippen molar-refractivity contribution in [2.75, 3.05) is 0 Å². The van der Waals surface area contributed by atoms with Gasteiger partial charge in [0.05, 0.1) is 5.56 Å². The zero-order valence-corrected chi connectivity index (χ0v) is 8.87. The molecule has 0 fully saturated rings. The van der Waals surface area contributed by atoms with Gasteiger partial charge in [-0.15, -0.1) is 0 Å². The quantitative estimate of drug-likeness (QED) is 0.503. The highest BCUT2D eigenvalue weighted by Crippen LogP contribution is 2.23. The van der Waals surface area contributed by atoms with Crippen molar-refractivity contribution >= 4 is 27.9 Å². The summed E-state index contributed by atoms with van der Waals surface area (Å²) in [5, 5.41) is 8.40. The minimum atomic E-state index is -1.44. The van der Waals surface area contributed by atoms with Gasteiger partial charge in [0.25, 0.3) is 0 Å². The Morgan fingerprint density at radius 3 is 2.57 bits per heavy atom. The van der Waals surface area contributed by atoms with Crippen LogP contribution in [0.1, 0.15) is 17.3 Å². The van der Waals surface area contributed by atoms with Crippen LogP contribution in [0.25, 0.3) is 0 Å². The number of ether oxygens (including phenoxy) is 1. The van der Waals surface area contributed by atoms with E-state index in [0.717, 1.165) is 0 Å². The molecule has 0 spiro atoms. The number of carboxylic acid groups (broad SMARTS) is 1. The molecule has 0 radical (unpaired) electrons. The fourth-order valence-corrected chi connectivity index (χ4v) is 1.32. The van der Waals surface area contributed by atoms with E-state index in [4.69, 9.17) is 5.11 Å². The summed E-state index contributed by atoms with van der Waals surface area (Å²) in [4.78, 5) is 21.4. The SMILES string of the molecule is CC(=O)c1cc(Br)ccc1OC(=O)O. The molecule has 0 saturated heterocycles. The Balaban J connectivity index is 3.14. The van der Waals surface area contributed by atoms with Crippen molar-refractivity contribution in [2.45, 2.75) is 6.92 Å². The van der Waals surface area contributed by atoms with Gasteiger partial charge >= 0.3 is 6.16 Å². The van der Waals surface area contributed by atoms with Gasteiger partial charge in [0, 0.05) is 4.47 Å². The summed E-state index contributed by atoms with van der Waals surface area (Å²) in [6, 6.07) is 4.54. The van der Waals surface area contributed by atoms with Crippen molar-refractivity contribution in [3.05, 3.63) is 28.2 Å². The van der Waals surface area contributed by atoms with Gasteiger partial charge in [0.2, 0.25) is 0 Å². The monoisotopic (exact) mass is 258 g/mol. The smallest absolute Gasteiger partial charge is 0.449 e. The van der Waals surface area contributed by atoms with Gasteiger partial charge in [0.1, 0.15) is 5.75 Å². The molecule has 1 N–H and O–H groups in total. The third kappa shape index (κ3) is 2.56. The second-order valence-corrected chi connectivity index (χ2v) is 3.48. The minimum absolute atomic E-state index is 0.0493. The van der Waals surface area contributed by atoms with E-state index < -0.39 is 6.16 Å². The van der Waals surface area contributed by atoms with Crippen LogP contribution < -0.4 is 4.74 Å². The van der Waals surface area contributed by atoms with E-state index in [1.54, 1.807) is 6.07 Å². The molecular formula is C9H7BrO4. The Kier molecular flexibility index (Phi) is 3.24. The molecule has 0 aliphatic rings. The predicted molar refractivity (Wildman–Crippen MR) is 52.8 cm³/mol. The van der Waals surface area contributed by atoms with Crippen molar-refractivity contribution in [1.82, 2.24) is 0 Å². The first-order valence-corrected chi connectivity index (χ1v) is 4.51. The van der Waals surface area contributed by atoms with Gasteiger partial charge in [-0.3, -0.25) is 4.79 Å². The molecule has 5 heteroatoms. The van der Waals surface area contributed by atoms with Crippen LogP contribution in [0.3, 0.4) is 0 Å². The number of benzene rings is 1. The summed E-state index contributed by atoms with van der Waals surface area (Å²) >= 11 is 3.18. The van der Waals surface area contributed by atoms with Crippen LogP contribution in [0.4, 0.5) is 4.79 Å². The molecule has 0 heterocycles. The summed E-state index contributed by atoms with van der Waals surface area (Å²) in [6.45, 7) is 1.34. The van der Waals surface area contributed by atoms with Crippen LogP contribution in [-0.2, 0) is 0 Å². The molecule has 0 saturated carbocycles. The topological polar surface area (TPSA) is 63.6 Å². The van der Waals surface area contributed by atoms with E-state index in [-0.39, 0.29) is 17.1 Å². The predicted octanol–water partition coefficient (Wildman–Crippen LogP) is 2.71. The van der Waals surface area contributed by atoms with E-state index in [1.807, 2.05) is 0 Å². The highest BCUT2D eigenvalue weighted by Gasteiger charge is 2.11. The van der Waals surface area contributed by atoms with Crippen molar-refractivity contribution in [1.29, 1.82) is 0 Å². The average Bonchev–Trinajstić information content (AvgIpc) is 2.07. The van der Waals surface area contributed by atoms with E-state index in [0.29, 0.717) is 4.47 Å². The zero-order valence-electron chi connectivity index (χ0n) is 7.28. The summed E-state index contributed by atoms with van der Waals surface area (Å²) in [7, 11) is 0. The maximum atomic E-state index is 11.1. The van der Waals surface area contributed by atoms with Crippen LogP contribution in [0.2, 0.25) is 0 Å². The Hall–Kier alpha value is -1.36. The first-order chi connectivity index (χ1) is 6.50. The van der Waals surface area contributed by atoms with Gasteiger partial charge in [-0.25, -0.2) is 4.79 Å². The fourth-order valence-electron chi connectivity index (χ4n) is 0.960. The zero-order chi connectivity index (χ0) is 10.7. The molecule has 1 aromatic carbocycles. The maximum Gasteiger partial charge on any atom is 0.511 e. The molecular weight excluding hydrogens is 252 g/mol. The van der Waals surface area contributed by atoms with Gasteiger partial charge in [0.15, 0.2) is 5.78 Å². The van der Waals surface area contributed by atoms with Crippen LogP contribution in [-0.4, -0.2) is 17.0 Å².